The standard InChI is InChI=1S/C26H36N2O3/c1-18(29)27-25(30)14-15-28(5)22-10-6-20-17-24(11-7-19(20)16-22)31-23-12-8-21(9-13-23)26(2,3)4/h6-7,10-11,16-17,21,23H,8-9,12-15H2,1-5H3,(H,27,29,30)/t21-,23-. The van der Waals surface area contributed by atoms with E-state index in [2.05, 4.69) is 62.5 Å². The molecule has 0 unspecified atom stereocenters. The molecule has 1 saturated carbocycles. The van der Waals surface area contributed by atoms with Crippen LogP contribution in [-0.2, 0) is 9.59 Å². The van der Waals surface area contributed by atoms with Crippen LogP contribution in [0, 0.1) is 11.3 Å². The number of ether oxygens (including phenoxy) is 1. The first-order valence-corrected chi connectivity index (χ1v) is 11.3. The van der Waals surface area contributed by atoms with E-state index in [4.69, 9.17) is 4.74 Å². The molecule has 0 heterocycles. The van der Waals surface area contributed by atoms with Crippen molar-refractivity contribution >= 4 is 28.3 Å². The maximum Gasteiger partial charge on any atom is 0.228 e. The molecule has 1 N–H and O–H groups in total. The van der Waals surface area contributed by atoms with E-state index >= 15 is 0 Å². The normalized spacial score (nSPS) is 19.1. The summed E-state index contributed by atoms with van der Waals surface area (Å²) in [7, 11) is 1.95. The number of hydrogen-bond acceptors (Lipinski definition) is 4. The van der Waals surface area contributed by atoms with Gasteiger partial charge < -0.3 is 9.64 Å². The average Bonchev–Trinajstić information content (AvgIpc) is 2.71. The smallest absolute Gasteiger partial charge is 0.228 e. The molecule has 0 bridgehead atoms. The van der Waals surface area contributed by atoms with Gasteiger partial charge in [-0.25, -0.2) is 0 Å². The van der Waals surface area contributed by atoms with Crippen molar-refractivity contribution in [2.75, 3.05) is 18.5 Å². The Hall–Kier alpha value is -2.56. The number of carbonyl (C=O) groups excluding carboxylic acids is 2. The molecule has 2 amide bonds. The van der Waals surface area contributed by atoms with E-state index in [0.717, 1.165) is 41.0 Å². The molecule has 1 aliphatic rings. The van der Waals surface area contributed by atoms with Gasteiger partial charge in [0, 0.05) is 32.6 Å². The van der Waals surface area contributed by atoms with Gasteiger partial charge in [0.15, 0.2) is 0 Å². The Morgan fingerprint density at radius 1 is 1.03 bits per heavy atom. The molecule has 2 aromatic rings. The van der Waals surface area contributed by atoms with Gasteiger partial charge in [-0.3, -0.25) is 14.9 Å². The van der Waals surface area contributed by atoms with Crippen molar-refractivity contribution in [1.29, 1.82) is 0 Å². The van der Waals surface area contributed by atoms with Crippen LogP contribution in [0.3, 0.4) is 0 Å². The molecule has 1 fully saturated rings. The first kappa shape index (κ1) is 23.1. The Kier molecular flexibility index (Phi) is 7.24. The summed E-state index contributed by atoms with van der Waals surface area (Å²) in [6.07, 6.45) is 5.31. The second kappa shape index (κ2) is 9.71. The van der Waals surface area contributed by atoms with E-state index in [1.54, 1.807) is 0 Å². The van der Waals surface area contributed by atoms with Crippen LogP contribution in [0.25, 0.3) is 10.8 Å². The van der Waals surface area contributed by atoms with Gasteiger partial charge in [-0.1, -0.05) is 32.9 Å². The number of imide groups is 1. The lowest BCUT2D eigenvalue weighted by atomic mass is 9.72. The van der Waals surface area contributed by atoms with Crippen LogP contribution >= 0.6 is 0 Å². The zero-order valence-electron chi connectivity index (χ0n) is 19.5. The van der Waals surface area contributed by atoms with Crippen LogP contribution < -0.4 is 15.0 Å². The molecule has 0 radical (unpaired) electrons. The summed E-state index contributed by atoms with van der Waals surface area (Å²) in [5.41, 5.74) is 1.42. The van der Waals surface area contributed by atoms with Crippen molar-refractivity contribution in [2.45, 2.75) is 65.9 Å². The van der Waals surface area contributed by atoms with E-state index in [1.807, 2.05) is 11.9 Å². The first-order chi connectivity index (χ1) is 14.6. The summed E-state index contributed by atoms with van der Waals surface area (Å²) in [5, 5.41) is 4.60. The monoisotopic (exact) mass is 424 g/mol. The maximum atomic E-state index is 11.7. The summed E-state index contributed by atoms with van der Waals surface area (Å²) >= 11 is 0. The van der Waals surface area contributed by atoms with Crippen LogP contribution in [0.1, 0.15) is 59.8 Å². The highest BCUT2D eigenvalue weighted by atomic mass is 16.5. The molecule has 31 heavy (non-hydrogen) atoms. The third-order valence-corrected chi connectivity index (χ3v) is 6.43. The molecule has 5 heteroatoms. The van der Waals surface area contributed by atoms with E-state index in [9.17, 15) is 9.59 Å². The van der Waals surface area contributed by atoms with Crippen molar-refractivity contribution in [2.24, 2.45) is 11.3 Å². The summed E-state index contributed by atoms with van der Waals surface area (Å²) < 4.78 is 6.32. The lowest BCUT2D eigenvalue weighted by Crippen LogP contribution is -2.31. The zero-order valence-corrected chi connectivity index (χ0v) is 19.5. The van der Waals surface area contributed by atoms with Crippen molar-refractivity contribution in [3.8, 4) is 5.75 Å². The van der Waals surface area contributed by atoms with Gasteiger partial charge in [-0.15, -0.1) is 0 Å². The van der Waals surface area contributed by atoms with Gasteiger partial charge in [-0.05, 0) is 72.1 Å². The molecule has 3 rings (SSSR count). The SMILES string of the molecule is CC(=O)NC(=O)CCN(C)c1ccc2cc(O[C@H]3CC[C@H](C(C)(C)C)CC3)ccc2c1. The number of anilines is 1. The lowest BCUT2D eigenvalue weighted by Gasteiger charge is -2.37. The Morgan fingerprint density at radius 3 is 2.32 bits per heavy atom. The van der Waals surface area contributed by atoms with Crippen LogP contribution in [0.2, 0.25) is 0 Å². The Morgan fingerprint density at radius 2 is 1.68 bits per heavy atom. The van der Waals surface area contributed by atoms with Crippen LogP contribution in [0.15, 0.2) is 36.4 Å². The minimum absolute atomic E-state index is 0.251. The maximum absolute atomic E-state index is 11.7. The topological polar surface area (TPSA) is 58.6 Å². The van der Waals surface area contributed by atoms with Crippen molar-refractivity contribution in [3.63, 3.8) is 0 Å². The number of benzene rings is 2. The fourth-order valence-corrected chi connectivity index (χ4v) is 4.42. The molecule has 168 valence electrons. The third-order valence-electron chi connectivity index (χ3n) is 6.43. The van der Waals surface area contributed by atoms with E-state index < -0.39 is 0 Å². The number of hydrogen-bond donors (Lipinski definition) is 1. The molecular formula is C26H36N2O3. The first-order valence-electron chi connectivity index (χ1n) is 11.3. The molecule has 0 spiro atoms. The summed E-state index contributed by atoms with van der Waals surface area (Å²) in [5.74, 6) is 1.15. The fourth-order valence-electron chi connectivity index (χ4n) is 4.42. The highest BCUT2D eigenvalue weighted by Crippen LogP contribution is 2.39. The zero-order chi connectivity index (χ0) is 22.6. The van der Waals surface area contributed by atoms with Crippen molar-refractivity contribution in [1.82, 2.24) is 5.32 Å². The van der Waals surface area contributed by atoms with Gasteiger partial charge in [0.05, 0.1) is 6.10 Å². The number of carbonyl (C=O) groups is 2. The summed E-state index contributed by atoms with van der Waals surface area (Å²) in [6.45, 7) is 8.92. The minimum atomic E-state index is -0.321. The Balaban J connectivity index is 1.59. The molecule has 0 aromatic heterocycles. The van der Waals surface area contributed by atoms with Gasteiger partial charge in [-0.2, -0.15) is 0 Å². The summed E-state index contributed by atoms with van der Waals surface area (Å²) in [6, 6.07) is 12.6. The molecule has 1 aliphatic carbocycles. The van der Waals surface area contributed by atoms with Gasteiger partial charge in [0.25, 0.3) is 0 Å². The largest absolute Gasteiger partial charge is 0.490 e. The molecule has 0 atom stereocenters. The summed E-state index contributed by atoms with van der Waals surface area (Å²) in [4.78, 5) is 24.7. The number of fused-ring (bicyclic) bond motifs is 1. The molecular weight excluding hydrogens is 388 g/mol. The van der Waals surface area contributed by atoms with Gasteiger partial charge in [0.2, 0.25) is 11.8 Å². The fraction of sp³-hybridized carbons (Fsp3) is 0.538. The molecule has 5 nitrogen and oxygen atoms in total. The Bertz CT molecular complexity index is 924. The second-order valence-electron chi connectivity index (χ2n) is 9.93. The third kappa shape index (κ3) is 6.46. The van der Waals surface area contributed by atoms with Gasteiger partial charge in [0.1, 0.15) is 5.75 Å². The average molecular weight is 425 g/mol. The minimum Gasteiger partial charge on any atom is -0.490 e. The predicted molar refractivity (Wildman–Crippen MR) is 126 cm³/mol. The number of nitrogens with zero attached hydrogens (tertiary/aromatic N) is 1. The number of nitrogens with one attached hydrogen (secondary N) is 1. The molecule has 2 aromatic carbocycles. The van der Waals surface area contributed by atoms with Crippen LogP contribution in [0.5, 0.6) is 5.75 Å². The quantitative estimate of drug-likeness (QED) is 0.682. The van der Waals surface area contributed by atoms with E-state index in [0.29, 0.717) is 18.1 Å². The number of rotatable bonds is 6. The van der Waals surface area contributed by atoms with Gasteiger partial charge >= 0.3 is 0 Å². The van der Waals surface area contributed by atoms with E-state index in [1.165, 1.54) is 19.8 Å². The second-order valence-corrected chi connectivity index (χ2v) is 9.93. The molecule has 0 aliphatic heterocycles. The predicted octanol–water partition coefficient (Wildman–Crippen LogP) is 5.31. The van der Waals surface area contributed by atoms with E-state index in [-0.39, 0.29) is 18.2 Å². The van der Waals surface area contributed by atoms with Crippen molar-refractivity contribution < 1.29 is 14.3 Å². The van der Waals surface area contributed by atoms with Crippen LogP contribution in [0.4, 0.5) is 5.69 Å². The van der Waals surface area contributed by atoms with Crippen molar-refractivity contribution in [3.05, 3.63) is 36.4 Å². The number of amides is 2. The van der Waals surface area contributed by atoms with Crippen LogP contribution in [-0.4, -0.2) is 31.5 Å². The highest BCUT2D eigenvalue weighted by molar-refractivity contribution is 5.94. The molecule has 0 saturated heterocycles. The highest BCUT2D eigenvalue weighted by Gasteiger charge is 2.30. The lowest BCUT2D eigenvalue weighted by molar-refractivity contribution is -0.129. The Labute approximate surface area is 186 Å².